The summed E-state index contributed by atoms with van der Waals surface area (Å²) >= 11 is 0. The normalized spacial score (nSPS) is 25.2. The Bertz CT molecular complexity index is 430. The van der Waals surface area contributed by atoms with Gasteiger partial charge >= 0.3 is 5.97 Å². The molecule has 1 aromatic rings. The number of aromatic nitrogens is 2. The predicted molar refractivity (Wildman–Crippen MR) is 68.2 cm³/mol. The molecule has 2 rings (SSSR count). The van der Waals surface area contributed by atoms with Gasteiger partial charge in [-0.05, 0) is 39.7 Å². The van der Waals surface area contributed by atoms with E-state index in [9.17, 15) is 9.90 Å². The zero-order chi connectivity index (χ0) is 13.2. The highest BCUT2D eigenvalue weighted by atomic mass is 16.4. The first-order valence-electron chi connectivity index (χ1n) is 6.55. The molecule has 1 saturated heterocycles. The minimum atomic E-state index is -0.735. The topological polar surface area (TPSA) is 58.4 Å². The number of rotatable bonds is 4. The third kappa shape index (κ3) is 2.27. The molecule has 1 aliphatic rings. The number of carboxylic acids is 1. The van der Waals surface area contributed by atoms with Crippen molar-refractivity contribution in [1.82, 2.24) is 14.5 Å². The summed E-state index contributed by atoms with van der Waals surface area (Å²) in [5, 5.41) is 9.46. The minimum Gasteiger partial charge on any atom is -0.480 e. The van der Waals surface area contributed by atoms with Crippen LogP contribution in [-0.4, -0.2) is 37.6 Å². The fourth-order valence-corrected chi connectivity index (χ4v) is 2.63. The van der Waals surface area contributed by atoms with Gasteiger partial charge in [-0.1, -0.05) is 0 Å². The fraction of sp³-hybridized carbons (Fsp3) is 0.692. The summed E-state index contributed by atoms with van der Waals surface area (Å²) in [4.78, 5) is 17.7. The van der Waals surface area contributed by atoms with Crippen LogP contribution in [-0.2, 0) is 17.9 Å². The molecule has 0 spiro atoms. The van der Waals surface area contributed by atoms with Crippen LogP contribution in [0.15, 0.2) is 12.5 Å². The summed E-state index contributed by atoms with van der Waals surface area (Å²) in [5.41, 5.74) is 0.355. The van der Waals surface area contributed by atoms with Crippen LogP contribution < -0.4 is 0 Å². The van der Waals surface area contributed by atoms with Crippen LogP contribution in [0, 0.1) is 0 Å². The van der Waals surface area contributed by atoms with E-state index in [1.54, 1.807) is 6.33 Å². The molecule has 100 valence electrons. The summed E-state index contributed by atoms with van der Waals surface area (Å²) in [5.74, 6) is -0.718. The van der Waals surface area contributed by atoms with Gasteiger partial charge in [0, 0.05) is 19.3 Å². The average Bonchev–Trinajstić information content (AvgIpc) is 2.79. The molecule has 0 saturated carbocycles. The first-order valence-corrected chi connectivity index (χ1v) is 6.55. The SMILES string of the molecule is CCn1cncc1CN1CCCCC1(C)C(=O)O. The second-order valence-corrected chi connectivity index (χ2v) is 5.13. The molecule has 1 unspecified atom stereocenters. The molecule has 1 atom stereocenters. The van der Waals surface area contributed by atoms with Gasteiger partial charge < -0.3 is 9.67 Å². The zero-order valence-electron chi connectivity index (χ0n) is 11.1. The molecule has 2 heterocycles. The molecule has 1 N–H and O–H groups in total. The highest BCUT2D eigenvalue weighted by molar-refractivity contribution is 5.78. The van der Waals surface area contributed by atoms with Crippen LogP contribution in [0.5, 0.6) is 0 Å². The van der Waals surface area contributed by atoms with Crippen molar-refractivity contribution >= 4 is 5.97 Å². The molecule has 1 fully saturated rings. The Balaban J connectivity index is 2.18. The average molecular weight is 251 g/mol. The van der Waals surface area contributed by atoms with Crippen LogP contribution in [0.4, 0.5) is 0 Å². The summed E-state index contributed by atoms with van der Waals surface area (Å²) < 4.78 is 2.07. The number of likely N-dealkylation sites (tertiary alicyclic amines) is 1. The third-order valence-electron chi connectivity index (χ3n) is 3.99. The van der Waals surface area contributed by atoms with E-state index in [4.69, 9.17) is 0 Å². The third-order valence-corrected chi connectivity index (χ3v) is 3.99. The predicted octanol–water partition coefficient (Wildman–Crippen LogP) is 1.73. The van der Waals surface area contributed by atoms with Crippen molar-refractivity contribution in [3.63, 3.8) is 0 Å². The maximum absolute atomic E-state index is 11.5. The van der Waals surface area contributed by atoms with E-state index < -0.39 is 11.5 Å². The molecule has 0 radical (unpaired) electrons. The molecular formula is C13H21N3O2. The van der Waals surface area contributed by atoms with Crippen molar-refractivity contribution in [2.45, 2.75) is 51.7 Å². The lowest BCUT2D eigenvalue weighted by Gasteiger charge is -2.41. The molecule has 1 aliphatic heterocycles. The van der Waals surface area contributed by atoms with Gasteiger partial charge in [0.25, 0.3) is 0 Å². The Morgan fingerprint density at radius 2 is 2.33 bits per heavy atom. The van der Waals surface area contributed by atoms with Gasteiger partial charge in [-0.2, -0.15) is 0 Å². The molecule has 0 bridgehead atoms. The Kier molecular flexibility index (Phi) is 3.71. The van der Waals surface area contributed by atoms with Crippen molar-refractivity contribution in [3.05, 3.63) is 18.2 Å². The molecule has 0 amide bonds. The summed E-state index contributed by atoms with van der Waals surface area (Å²) in [6, 6.07) is 0. The van der Waals surface area contributed by atoms with Gasteiger partial charge in [-0.15, -0.1) is 0 Å². The first-order chi connectivity index (χ1) is 8.58. The first kappa shape index (κ1) is 13.1. The molecule has 0 aromatic carbocycles. The number of hydrogen-bond donors (Lipinski definition) is 1. The van der Waals surface area contributed by atoms with Gasteiger partial charge in [-0.3, -0.25) is 9.69 Å². The minimum absolute atomic E-state index is 0.663. The van der Waals surface area contributed by atoms with Gasteiger partial charge in [0.1, 0.15) is 5.54 Å². The fourth-order valence-electron chi connectivity index (χ4n) is 2.63. The molecular weight excluding hydrogens is 230 g/mol. The highest BCUT2D eigenvalue weighted by Crippen LogP contribution is 2.29. The standard InChI is InChI=1S/C13H21N3O2/c1-3-15-10-14-8-11(15)9-16-7-5-4-6-13(16,2)12(17)18/h8,10H,3-7,9H2,1-2H3,(H,17,18). The number of imidazole rings is 1. The van der Waals surface area contributed by atoms with E-state index >= 15 is 0 Å². The molecule has 0 aliphatic carbocycles. The maximum atomic E-state index is 11.5. The van der Waals surface area contributed by atoms with E-state index in [0.29, 0.717) is 6.54 Å². The van der Waals surface area contributed by atoms with E-state index in [1.165, 1.54) is 0 Å². The molecule has 5 heteroatoms. The second kappa shape index (κ2) is 5.10. The Hall–Kier alpha value is -1.36. The number of hydrogen-bond acceptors (Lipinski definition) is 3. The molecule has 18 heavy (non-hydrogen) atoms. The lowest BCUT2D eigenvalue weighted by Crippen LogP contribution is -2.54. The highest BCUT2D eigenvalue weighted by Gasteiger charge is 2.41. The molecule has 5 nitrogen and oxygen atoms in total. The number of aliphatic carboxylic acids is 1. The number of carbonyl (C=O) groups is 1. The Labute approximate surface area is 107 Å². The lowest BCUT2D eigenvalue weighted by molar-refractivity contribution is -0.153. The van der Waals surface area contributed by atoms with Crippen LogP contribution >= 0.6 is 0 Å². The largest absolute Gasteiger partial charge is 0.480 e. The van der Waals surface area contributed by atoms with E-state index in [-0.39, 0.29) is 0 Å². The van der Waals surface area contributed by atoms with Crippen molar-refractivity contribution < 1.29 is 9.90 Å². The zero-order valence-corrected chi connectivity index (χ0v) is 11.1. The maximum Gasteiger partial charge on any atom is 0.323 e. The van der Waals surface area contributed by atoms with Crippen LogP contribution in [0.2, 0.25) is 0 Å². The van der Waals surface area contributed by atoms with Crippen molar-refractivity contribution in [2.75, 3.05) is 6.54 Å². The number of aryl methyl sites for hydroxylation is 1. The number of nitrogens with zero attached hydrogens (tertiary/aromatic N) is 3. The Morgan fingerprint density at radius 1 is 1.56 bits per heavy atom. The summed E-state index contributed by atoms with van der Waals surface area (Å²) in [6.45, 7) is 6.28. The quantitative estimate of drug-likeness (QED) is 0.885. The van der Waals surface area contributed by atoms with Crippen molar-refractivity contribution in [2.24, 2.45) is 0 Å². The monoisotopic (exact) mass is 251 g/mol. The smallest absolute Gasteiger partial charge is 0.323 e. The van der Waals surface area contributed by atoms with Gasteiger partial charge in [0.2, 0.25) is 0 Å². The van der Waals surface area contributed by atoms with Crippen molar-refractivity contribution in [1.29, 1.82) is 0 Å². The van der Waals surface area contributed by atoms with E-state index in [0.717, 1.165) is 38.0 Å². The number of piperidine rings is 1. The van der Waals surface area contributed by atoms with E-state index in [1.807, 2.05) is 13.1 Å². The Morgan fingerprint density at radius 3 is 3.00 bits per heavy atom. The summed E-state index contributed by atoms with van der Waals surface area (Å²) in [7, 11) is 0. The van der Waals surface area contributed by atoms with Crippen molar-refractivity contribution in [3.8, 4) is 0 Å². The van der Waals surface area contributed by atoms with Crippen LogP contribution in [0.1, 0.15) is 38.8 Å². The second-order valence-electron chi connectivity index (χ2n) is 5.13. The van der Waals surface area contributed by atoms with Gasteiger partial charge in [0.15, 0.2) is 0 Å². The van der Waals surface area contributed by atoms with Gasteiger partial charge in [-0.25, -0.2) is 4.98 Å². The number of carboxylic acid groups (broad SMARTS) is 1. The van der Waals surface area contributed by atoms with Crippen LogP contribution in [0.3, 0.4) is 0 Å². The van der Waals surface area contributed by atoms with E-state index in [2.05, 4.69) is 21.4 Å². The summed E-state index contributed by atoms with van der Waals surface area (Å²) in [6.07, 6.45) is 6.43. The lowest BCUT2D eigenvalue weighted by atomic mass is 9.88. The molecule has 1 aromatic heterocycles. The van der Waals surface area contributed by atoms with Gasteiger partial charge in [0.05, 0.1) is 12.0 Å². The van der Waals surface area contributed by atoms with Crippen LogP contribution in [0.25, 0.3) is 0 Å².